The molecule has 1 aliphatic rings. The largest absolute Gasteiger partial charge is 0.212 e. The van der Waals surface area contributed by atoms with Crippen LogP contribution in [0.4, 0.5) is 0 Å². The van der Waals surface area contributed by atoms with E-state index in [1.54, 1.807) is 36.0 Å². The van der Waals surface area contributed by atoms with E-state index in [1.807, 2.05) is 13.0 Å². The molecule has 1 saturated carbocycles. The molecule has 1 heterocycles. The van der Waals surface area contributed by atoms with E-state index in [-0.39, 0.29) is 16.5 Å². The molecule has 1 aromatic heterocycles. The molecule has 0 bridgehead atoms. The summed E-state index contributed by atoms with van der Waals surface area (Å²) in [4.78, 5) is 0. The van der Waals surface area contributed by atoms with Crippen LogP contribution in [0.15, 0.2) is 30.5 Å². The molecule has 3 rings (SSSR count). The van der Waals surface area contributed by atoms with Gasteiger partial charge in [0.2, 0.25) is 5.69 Å². The number of benzene rings is 1. The summed E-state index contributed by atoms with van der Waals surface area (Å²) in [7, 11) is 1.80. The molecular weight excluding hydrogens is 290 g/mol. The van der Waals surface area contributed by atoms with Crippen molar-refractivity contribution in [1.29, 1.82) is 0 Å². The Balaban J connectivity index is 2.18. The molecule has 128 valence electrons. The molecule has 1 aliphatic carbocycles. The number of aromatic nitrogens is 1. The average molecular weight is 330 g/mol. The van der Waals surface area contributed by atoms with Crippen molar-refractivity contribution in [2.45, 2.75) is 66.1 Å². The van der Waals surface area contributed by atoms with E-state index in [0.717, 1.165) is 29.7 Å². The molecule has 1 aromatic carbocycles. The van der Waals surface area contributed by atoms with E-state index in [0.29, 0.717) is 18.4 Å². The van der Waals surface area contributed by atoms with Crippen LogP contribution >= 0.6 is 0 Å². The molecule has 0 N–H and O–H groups in total. The van der Waals surface area contributed by atoms with Gasteiger partial charge in [0.1, 0.15) is 7.05 Å². The minimum Gasteiger partial charge on any atom is -0.201 e. The van der Waals surface area contributed by atoms with Crippen molar-refractivity contribution >= 4 is 0 Å². The molecule has 2 aromatic rings. The van der Waals surface area contributed by atoms with Gasteiger partial charge in [0.15, 0.2) is 6.20 Å². The Morgan fingerprint density at radius 1 is 1.12 bits per heavy atom. The van der Waals surface area contributed by atoms with Gasteiger partial charge >= 0.3 is 0 Å². The van der Waals surface area contributed by atoms with E-state index in [4.69, 9.17) is 8.22 Å². The van der Waals surface area contributed by atoms with Gasteiger partial charge in [0.05, 0.1) is 0 Å². The smallest absolute Gasteiger partial charge is 0.201 e. The highest BCUT2D eigenvalue weighted by atomic mass is 14.9. The van der Waals surface area contributed by atoms with Crippen molar-refractivity contribution in [1.82, 2.24) is 0 Å². The maximum Gasteiger partial charge on any atom is 0.212 e. The van der Waals surface area contributed by atoms with Crippen LogP contribution < -0.4 is 4.57 Å². The Hall–Kier alpha value is -1.63. The third-order valence-electron chi connectivity index (χ3n) is 5.36. The second-order valence-corrected chi connectivity index (χ2v) is 7.89. The minimum atomic E-state index is -2.31. The zero-order valence-electron chi connectivity index (χ0n) is 22.2. The molecule has 0 aliphatic heterocycles. The zero-order chi connectivity index (χ0) is 23.4. The lowest BCUT2D eigenvalue weighted by Gasteiger charge is -2.34. The Labute approximate surface area is 157 Å². The number of pyridine rings is 1. The zero-order valence-corrected chi connectivity index (χ0v) is 15.2. The van der Waals surface area contributed by atoms with Gasteiger partial charge in [-0.15, -0.1) is 0 Å². The van der Waals surface area contributed by atoms with Crippen LogP contribution in [0.5, 0.6) is 0 Å². The monoisotopic (exact) mass is 329 g/mol. The number of nitrogens with zero attached hydrogens (tertiary/aromatic N) is 1. The Morgan fingerprint density at radius 3 is 2.50 bits per heavy atom. The molecule has 0 atom stereocenters. The van der Waals surface area contributed by atoms with E-state index in [9.17, 15) is 1.37 Å². The normalized spacial score (nSPS) is 24.6. The molecule has 1 heteroatoms. The number of rotatable bonds is 2. The fourth-order valence-corrected chi connectivity index (χ4v) is 3.66. The summed E-state index contributed by atoms with van der Waals surface area (Å²) in [5.74, 6) is -0.950. The lowest BCUT2D eigenvalue weighted by molar-refractivity contribution is -0.660. The first-order valence-corrected chi connectivity index (χ1v) is 8.70. The van der Waals surface area contributed by atoms with Gasteiger partial charge in [-0.05, 0) is 74.8 Å². The maximum atomic E-state index is 9.22. The average Bonchev–Trinajstić information content (AvgIpc) is 2.63. The van der Waals surface area contributed by atoms with Crippen LogP contribution in [0.1, 0.15) is 77.3 Å². The lowest BCUT2D eigenvalue weighted by atomic mass is 9.71. The SMILES string of the molecule is [2H]C([2H])([2H])c1ccc(-c2cc(C3([2H])CCC(C)(C)CC3)c(C([2H])([2H])[2H])c[n+]2C)c(C)c1. The molecule has 0 saturated heterocycles. The molecule has 0 amide bonds. The second-order valence-electron chi connectivity index (χ2n) is 7.89. The molecule has 0 radical (unpaired) electrons. The van der Waals surface area contributed by atoms with Gasteiger partial charge in [-0.1, -0.05) is 31.5 Å². The van der Waals surface area contributed by atoms with Gasteiger partial charge in [-0.25, -0.2) is 4.57 Å². The lowest BCUT2D eigenvalue weighted by Crippen LogP contribution is -2.32. The Bertz CT molecular complexity index is 977. The van der Waals surface area contributed by atoms with Crippen molar-refractivity contribution in [3.63, 3.8) is 0 Å². The summed E-state index contributed by atoms with van der Waals surface area (Å²) in [6.45, 7) is 1.77. The molecule has 0 spiro atoms. The Morgan fingerprint density at radius 2 is 1.88 bits per heavy atom. The van der Waals surface area contributed by atoms with E-state index in [2.05, 4.69) is 13.8 Å². The molecule has 1 fully saturated rings. The van der Waals surface area contributed by atoms with E-state index in [1.165, 1.54) is 0 Å². The summed E-state index contributed by atoms with van der Waals surface area (Å²) in [5, 5.41) is 0. The standard InChI is InChI=1S/C23H32N/c1-16-7-8-20(17(2)13-16)22-14-21(18(3)15-24(22)6)19-9-11-23(4,5)12-10-19/h7-8,13-15,19H,9-12H2,1-6H3/q+1/i1D3,3D3,19D. The summed E-state index contributed by atoms with van der Waals surface area (Å²) >= 11 is 0. The van der Waals surface area contributed by atoms with Crippen LogP contribution in [0.25, 0.3) is 11.3 Å². The third-order valence-corrected chi connectivity index (χ3v) is 5.36. The maximum absolute atomic E-state index is 9.22. The topological polar surface area (TPSA) is 3.88 Å². The molecule has 24 heavy (non-hydrogen) atoms. The van der Waals surface area contributed by atoms with Crippen molar-refractivity contribution in [2.75, 3.05) is 0 Å². The van der Waals surface area contributed by atoms with Crippen LogP contribution in [-0.2, 0) is 7.05 Å². The van der Waals surface area contributed by atoms with Gasteiger partial charge in [0.25, 0.3) is 0 Å². The van der Waals surface area contributed by atoms with Crippen molar-refractivity contribution in [2.24, 2.45) is 12.5 Å². The number of aryl methyl sites for hydroxylation is 4. The molecule has 1 nitrogen and oxygen atoms in total. The highest BCUT2D eigenvalue weighted by molar-refractivity contribution is 5.62. The molecule has 0 unspecified atom stereocenters. The fourth-order valence-electron chi connectivity index (χ4n) is 3.66. The quantitative estimate of drug-likeness (QED) is 0.614. The first-order valence-electron chi connectivity index (χ1n) is 12.2. The van der Waals surface area contributed by atoms with Gasteiger partial charge in [-0.3, -0.25) is 0 Å². The van der Waals surface area contributed by atoms with E-state index < -0.39 is 19.6 Å². The summed E-state index contributed by atoms with van der Waals surface area (Å²) in [6.07, 6.45) is 4.62. The van der Waals surface area contributed by atoms with Gasteiger partial charge in [-0.2, -0.15) is 0 Å². The highest BCUT2D eigenvalue weighted by Crippen LogP contribution is 2.43. The van der Waals surface area contributed by atoms with Crippen LogP contribution in [0, 0.1) is 26.0 Å². The summed E-state index contributed by atoms with van der Waals surface area (Å²) in [6, 6.07) is 6.90. The third kappa shape index (κ3) is 3.41. The van der Waals surface area contributed by atoms with Gasteiger partial charge < -0.3 is 0 Å². The Kier molecular flexibility index (Phi) is 2.75. The van der Waals surface area contributed by atoms with Crippen LogP contribution in [-0.4, -0.2) is 0 Å². The van der Waals surface area contributed by atoms with Crippen molar-refractivity contribution in [3.8, 4) is 11.3 Å². The summed E-state index contributed by atoms with van der Waals surface area (Å²) in [5.41, 5.74) is 3.67. The highest BCUT2D eigenvalue weighted by Gasteiger charge is 2.29. The second kappa shape index (κ2) is 6.35. The predicted octanol–water partition coefficient (Wildman–Crippen LogP) is 5.79. The fraction of sp³-hybridized carbons (Fsp3) is 0.522. The first-order chi connectivity index (χ1) is 14.0. The summed E-state index contributed by atoms with van der Waals surface area (Å²) < 4.78 is 58.2. The first kappa shape index (κ1) is 10.4. The number of hydrogen-bond acceptors (Lipinski definition) is 0. The molecular formula is C23H32N+. The number of hydrogen-bond donors (Lipinski definition) is 0. The van der Waals surface area contributed by atoms with Crippen LogP contribution in [0.3, 0.4) is 0 Å². The van der Waals surface area contributed by atoms with Crippen molar-refractivity contribution < 1.29 is 14.2 Å². The van der Waals surface area contributed by atoms with Crippen molar-refractivity contribution in [3.05, 3.63) is 52.7 Å². The minimum absolute atomic E-state index is 0.161. The van der Waals surface area contributed by atoms with E-state index >= 15 is 0 Å². The predicted molar refractivity (Wildman–Crippen MR) is 102 cm³/mol. The van der Waals surface area contributed by atoms with Gasteiger partial charge in [0, 0.05) is 26.8 Å². The van der Waals surface area contributed by atoms with Crippen LogP contribution in [0.2, 0.25) is 0 Å².